The van der Waals surface area contributed by atoms with Gasteiger partial charge >= 0.3 is 0 Å². The average Bonchev–Trinajstić information content (AvgIpc) is 3.10. The second-order valence-electron chi connectivity index (χ2n) is 6.41. The summed E-state index contributed by atoms with van der Waals surface area (Å²) in [4.78, 5) is 23.3. The first-order valence-electron chi connectivity index (χ1n) is 8.60. The normalized spacial score (nSPS) is 14.8. The standard InChI is InChI=1S/C18H24N4O2S/c1-13(2)18-21-15(12-25-18)9-17(23)20-11-14-3-4-16(19-10-14)22-5-7-24-8-6-22/h3-4,10,12-13H,5-9,11H2,1-2H3,(H,20,23). The van der Waals surface area contributed by atoms with Crippen LogP contribution in [0.25, 0.3) is 0 Å². The fraction of sp³-hybridized carbons (Fsp3) is 0.500. The van der Waals surface area contributed by atoms with Gasteiger partial charge in [-0.05, 0) is 11.6 Å². The Morgan fingerprint density at radius 1 is 1.36 bits per heavy atom. The Morgan fingerprint density at radius 3 is 2.80 bits per heavy atom. The lowest BCUT2D eigenvalue weighted by molar-refractivity contribution is -0.120. The summed E-state index contributed by atoms with van der Waals surface area (Å²) in [5, 5.41) is 5.98. The summed E-state index contributed by atoms with van der Waals surface area (Å²) < 4.78 is 5.35. The van der Waals surface area contributed by atoms with E-state index in [1.165, 1.54) is 0 Å². The minimum absolute atomic E-state index is 0.0159. The molecule has 0 spiro atoms. The zero-order valence-corrected chi connectivity index (χ0v) is 15.5. The number of ether oxygens (including phenoxy) is 1. The second-order valence-corrected chi connectivity index (χ2v) is 7.30. The highest BCUT2D eigenvalue weighted by atomic mass is 32.1. The van der Waals surface area contributed by atoms with Crippen molar-refractivity contribution >= 4 is 23.1 Å². The molecule has 0 radical (unpaired) electrons. The van der Waals surface area contributed by atoms with Crippen molar-refractivity contribution in [3.05, 3.63) is 40.0 Å². The molecule has 134 valence electrons. The lowest BCUT2D eigenvalue weighted by atomic mass is 10.2. The lowest BCUT2D eigenvalue weighted by Gasteiger charge is -2.27. The number of hydrogen-bond acceptors (Lipinski definition) is 6. The van der Waals surface area contributed by atoms with Crippen molar-refractivity contribution in [1.29, 1.82) is 0 Å². The van der Waals surface area contributed by atoms with Crippen molar-refractivity contribution in [3.63, 3.8) is 0 Å². The Balaban J connectivity index is 1.48. The molecule has 1 N–H and O–H groups in total. The lowest BCUT2D eigenvalue weighted by Crippen LogP contribution is -2.36. The second kappa shape index (κ2) is 8.40. The molecular formula is C18H24N4O2S. The number of morpholine rings is 1. The van der Waals surface area contributed by atoms with Crippen molar-refractivity contribution in [2.75, 3.05) is 31.2 Å². The maximum Gasteiger partial charge on any atom is 0.226 e. The molecule has 0 aromatic carbocycles. The fourth-order valence-corrected chi connectivity index (χ4v) is 3.43. The number of rotatable bonds is 6. The van der Waals surface area contributed by atoms with Crippen molar-refractivity contribution in [1.82, 2.24) is 15.3 Å². The number of nitrogens with zero attached hydrogens (tertiary/aromatic N) is 3. The topological polar surface area (TPSA) is 67.4 Å². The molecular weight excluding hydrogens is 336 g/mol. The molecule has 2 aromatic rings. The highest BCUT2D eigenvalue weighted by molar-refractivity contribution is 7.09. The molecule has 2 aromatic heterocycles. The van der Waals surface area contributed by atoms with Crippen LogP contribution in [0.2, 0.25) is 0 Å². The van der Waals surface area contributed by atoms with Crippen LogP contribution < -0.4 is 10.2 Å². The van der Waals surface area contributed by atoms with E-state index in [4.69, 9.17) is 4.74 Å². The Labute approximate surface area is 152 Å². The largest absolute Gasteiger partial charge is 0.378 e. The molecule has 1 amide bonds. The maximum absolute atomic E-state index is 12.1. The summed E-state index contributed by atoms with van der Waals surface area (Å²) in [6, 6.07) is 4.01. The summed E-state index contributed by atoms with van der Waals surface area (Å²) >= 11 is 1.61. The maximum atomic E-state index is 12.1. The van der Waals surface area contributed by atoms with Gasteiger partial charge in [0.05, 0.1) is 30.3 Å². The van der Waals surface area contributed by atoms with Gasteiger partial charge in [0.1, 0.15) is 5.82 Å². The van der Waals surface area contributed by atoms with Gasteiger partial charge in [0.15, 0.2) is 0 Å². The number of amides is 1. The Morgan fingerprint density at radius 2 is 2.16 bits per heavy atom. The predicted octanol–water partition coefficient (Wildman–Crippen LogP) is 2.36. The van der Waals surface area contributed by atoms with Crippen LogP contribution in [0.1, 0.15) is 36.0 Å². The van der Waals surface area contributed by atoms with Crippen LogP contribution in [-0.4, -0.2) is 42.2 Å². The third-order valence-electron chi connectivity index (χ3n) is 4.04. The van der Waals surface area contributed by atoms with Crippen LogP contribution >= 0.6 is 11.3 Å². The fourth-order valence-electron chi connectivity index (χ4n) is 2.60. The molecule has 25 heavy (non-hydrogen) atoms. The average molecular weight is 360 g/mol. The van der Waals surface area contributed by atoms with Gasteiger partial charge in [-0.1, -0.05) is 19.9 Å². The molecule has 0 saturated carbocycles. The van der Waals surface area contributed by atoms with Gasteiger partial charge in [0, 0.05) is 37.1 Å². The van der Waals surface area contributed by atoms with E-state index in [1.54, 1.807) is 11.3 Å². The molecule has 3 heterocycles. The highest BCUT2D eigenvalue weighted by Gasteiger charge is 2.12. The van der Waals surface area contributed by atoms with E-state index in [2.05, 4.69) is 34.0 Å². The molecule has 1 saturated heterocycles. The van der Waals surface area contributed by atoms with Crippen molar-refractivity contribution < 1.29 is 9.53 Å². The van der Waals surface area contributed by atoms with E-state index in [-0.39, 0.29) is 5.91 Å². The van der Waals surface area contributed by atoms with Crippen LogP contribution in [0.4, 0.5) is 5.82 Å². The van der Waals surface area contributed by atoms with Crippen LogP contribution in [0.5, 0.6) is 0 Å². The molecule has 3 rings (SSSR count). The van der Waals surface area contributed by atoms with Gasteiger partial charge in [-0.3, -0.25) is 4.79 Å². The number of thiazole rings is 1. The molecule has 1 aliphatic heterocycles. The minimum Gasteiger partial charge on any atom is -0.378 e. The molecule has 0 unspecified atom stereocenters. The van der Waals surface area contributed by atoms with Gasteiger partial charge in [0.25, 0.3) is 0 Å². The van der Waals surface area contributed by atoms with Crippen LogP contribution in [0.15, 0.2) is 23.7 Å². The van der Waals surface area contributed by atoms with Gasteiger partial charge in [-0.25, -0.2) is 9.97 Å². The number of nitrogens with one attached hydrogen (secondary N) is 1. The highest BCUT2D eigenvalue weighted by Crippen LogP contribution is 2.19. The molecule has 1 aliphatic rings. The van der Waals surface area contributed by atoms with E-state index in [0.29, 0.717) is 18.9 Å². The smallest absolute Gasteiger partial charge is 0.226 e. The van der Waals surface area contributed by atoms with E-state index in [0.717, 1.165) is 48.4 Å². The summed E-state index contributed by atoms with van der Waals surface area (Å²) in [6.45, 7) is 7.93. The number of anilines is 1. The van der Waals surface area contributed by atoms with Crippen LogP contribution in [0.3, 0.4) is 0 Å². The molecule has 6 nitrogen and oxygen atoms in total. The Bertz CT molecular complexity index is 693. The molecule has 7 heteroatoms. The van der Waals surface area contributed by atoms with Gasteiger partial charge < -0.3 is 15.0 Å². The first kappa shape index (κ1) is 17.8. The van der Waals surface area contributed by atoms with Gasteiger partial charge in [0.2, 0.25) is 5.91 Å². The van der Waals surface area contributed by atoms with E-state index >= 15 is 0 Å². The first-order valence-corrected chi connectivity index (χ1v) is 9.48. The third-order valence-corrected chi connectivity index (χ3v) is 5.23. The number of aromatic nitrogens is 2. The van der Waals surface area contributed by atoms with Gasteiger partial charge in [-0.2, -0.15) is 0 Å². The van der Waals surface area contributed by atoms with Crippen molar-refractivity contribution in [2.24, 2.45) is 0 Å². The molecule has 0 atom stereocenters. The number of carbonyl (C=O) groups excluding carboxylic acids is 1. The summed E-state index contributed by atoms with van der Waals surface area (Å²) in [6.07, 6.45) is 2.15. The quantitative estimate of drug-likeness (QED) is 0.856. The first-order chi connectivity index (χ1) is 12.1. The van der Waals surface area contributed by atoms with E-state index < -0.39 is 0 Å². The summed E-state index contributed by atoms with van der Waals surface area (Å²) in [7, 11) is 0. The summed E-state index contributed by atoms with van der Waals surface area (Å²) in [5.74, 6) is 1.35. The SMILES string of the molecule is CC(C)c1nc(CC(=O)NCc2ccc(N3CCOCC3)nc2)cs1. The number of hydrogen-bond donors (Lipinski definition) is 1. The van der Waals surface area contributed by atoms with E-state index in [1.807, 2.05) is 23.7 Å². The van der Waals surface area contributed by atoms with Crippen LogP contribution in [-0.2, 0) is 22.5 Å². The zero-order chi connectivity index (χ0) is 17.6. The minimum atomic E-state index is -0.0159. The predicted molar refractivity (Wildman–Crippen MR) is 99.0 cm³/mol. The molecule has 1 fully saturated rings. The number of pyridine rings is 1. The Hall–Kier alpha value is -1.99. The van der Waals surface area contributed by atoms with Crippen molar-refractivity contribution in [3.8, 4) is 0 Å². The monoisotopic (exact) mass is 360 g/mol. The zero-order valence-electron chi connectivity index (χ0n) is 14.7. The molecule has 0 aliphatic carbocycles. The third kappa shape index (κ3) is 4.99. The van der Waals surface area contributed by atoms with E-state index in [9.17, 15) is 4.79 Å². The molecule has 0 bridgehead atoms. The Kier molecular flexibility index (Phi) is 5.99. The van der Waals surface area contributed by atoms with Crippen LogP contribution in [0, 0.1) is 0 Å². The number of carbonyl (C=O) groups is 1. The van der Waals surface area contributed by atoms with Gasteiger partial charge in [-0.15, -0.1) is 11.3 Å². The summed E-state index contributed by atoms with van der Waals surface area (Å²) in [5.41, 5.74) is 1.83. The van der Waals surface area contributed by atoms with Crippen molar-refractivity contribution in [2.45, 2.75) is 32.7 Å².